The van der Waals surface area contributed by atoms with Gasteiger partial charge in [-0.1, -0.05) is 18.2 Å². The Morgan fingerprint density at radius 2 is 1.91 bits per heavy atom. The largest absolute Gasteiger partial charge is 0.497 e. The topological polar surface area (TPSA) is 71.3 Å². The molecule has 2 aromatic carbocycles. The van der Waals surface area contributed by atoms with Crippen LogP contribution in [-0.4, -0.2) is 19.1 Å². The SMILES string of the molecule is COc1cccc(O[C@@H](C)C(=O)Nc2ccc(CC#N)cc2)c1. The maximum Gasteiger partial charge on any atom is 0.265 e. The zero-order valence-corrected chi connectivity index (χ0v) is 13.1. The molecule has 0 heterocycles. The second kappa shape index (κ2) is 7.85. The standard InChI is InChI=1S/C18H18N2O3/c1-13(23-17-5-3-4-16(12-17)22-2)18(21)20-15-8-6-14(7-9-15)10-11-19/h3-9,12-13H,10H2,1-2H3,(H,20,21)/t13-/m0/s1. The molecular weight excluding hydrogens is 292 g/mol. The van der Waals surface area contributed by atoms with E-state index in [1.165, 1.54) is 0 Å². The Morgan fingerprint density at radius 3 is 2.57 bits per heavy atom. The Labute approximate surface area is 135 Å². The highest BCUT2D eigenvalue weighted by atomic mass is 16.5. The van der Waals surface area contributed by atoms with Gasteiger partial charge in [-0.2, -0.15) is 5.26 Å². The van der Waals surface area contributed by atoms with E-state index in [2.05, 4.69) is 11.4 Å². The first-order valence-corrected chi connectivity index (χ1v) is 7.20. The van der Waals surface area contributed by atoms with E-state index in [9.17, 15) is 4.79 Å². The Balaban J connectivity index is 1.95. The third-order valence-corrected chi connectivity index (χ3v) is 3.23. The van der Waals surface area contributed by atoms with Gasteiger partial charge in [0.05, 0.1) is 19.6 Å². The quantitative estimate of drug-likeness (QED) is 0.889. The van der Waals surface area contributed by atoms with E-state index in [-0.39, 0.29) is 5.91 Å². The number of nitriles is 1. The Kier molecular flexibility index (Phi) is 5.59. The summed E-state index contributed by atoms with van der Waals surface area (Å²) in [5, 5.41) is 11.4. The molecule has 0 radical (unpaired) electrons. The molecule has 0 spiro atoms. The van der Waals surface area contributed by atoms with E-state index in [4.69, 9.17) is 14.7 Å². The van der Waals surface area contributed by atoms with Gasteiger partial charge in [-0.15, -0.1) is 0 Å². The number of ether oxygens (including phenoxy) is 2. The van der Waals surface area contributed by atoms with Gasteiger partial charge in [-0.25, -0.2) is 0 Å². The van der Waals surface area contributed by atoms with Crippen LogP contribution in [0, 0.1) is 11.3 Å². The average molecular weight is 310 g/mol. The molecular formula is C18H18N2O3. The normalized spacial score (nSPS) is 11.2. The lowest BCUT2D eigenvalue weighted by molar-refractivity contribution is -0.122. The van der Waals surface area contributed by atoms with Crippen molar-refractivity contribution in [3.05, 3.63) is 54.1 Å². The number of hydrogen-bond acceptors (Lipinski definition) is 4. The number of nitrogens with zero attached hydrogens (tertiary/aromatic N) is 1. The molecule has 0 unspecified atom stereocenters. The van der Waals surface area contributed by atoms with Gasteiger partial charge >= 0.3 is 0 Å². The molecule has 0 aliphatic heterocycles. The van der Waals surface area contributed by atoms with Crippen molar-refractivity contribution in [3.8, 4) is 17.6 Å². The number of anilines is 1. The van der Waals surface area contributed by atoms with Crippen molar-refractivity contribution in [1.29, 1.82) is 5.26 Å². The molecule has 1 amide bonds. The predicted molar refractivity (Wildman–Crippen MR) is 87.5 cm³/mol. The molecule has 2 aromatic rings. The number of carbonyl (C=O) groups is 1. The third kappa shape index (κ3) is 4.75. The molecule has 0 aliphatic carbocycles. The zero-order chi connectivity index (χ0) is 16.7. The fourth-order valence-corrected chi connectivity index (χ4v) is 1.97. The van der Waals surface area contributed by atoms with Crippen LogP contribution in [0.4, 0.5) is 5.69 Å². The maximum atomic E-state index is 12.2. The van der Waals surface area contributed by atoms with Gasteiger partial charge in [0.25, 0.3) is 5.91 Å². The van der Waals surface area contributed by atoms with Crippen molar-refractivity contribution in [2.24, 2.45) is 0 Å². The molecule has 5 nitrogen and oxygen atoms in total. The summed E-state index contributed by atoms with van der Waals surface area (Å²) in [5.74, 6) is 0.986. The van der Waals surface area contributed by atoms with Crippen molar-refractivity contribution in [2.75, 3.05) is 12.4 Å². The van der Waals surface area contributed by atoms with E-state index >= 15 is 0 Å². The molecule has 118 valence electrons. The number of nitrogens with one attached hydrogen (secondary N) is 1. The van der Waals surface area contributed by atoms with Crippen molar-refractivity contribution in [3.63, 3.8) is 0 Å². The minimum absolute atomic E-state index is 0.249. The minimum Gasteiger partial charge on any atom is -0.497 e. The third-order valence-electron chi connectivity index (χ3n) is 3.23. The smallest absolute Gasteiger partial charge is 0.265 e. The molecule has 23 heavy (non-hydrogen) atoms. The highest BCUT2D eigenvalue weighted by molar-refractivity contribution is 5.94. The van der Waals surface area contributed by atoms with E-state index in [0.717, 1.165) is 5.56 Å². The first kappa shape index (κ1) is 16.4. The maximum absolute atomic E-state index is 12.2. The van der Waals surface area contributed by atoms with Crippen LogP contribution in [0.3, 0.4) is 0 Å². The molecule has 2 rings (SSSR count). The lowest BCUT2D eigenvalue weighted by atomic mass is 10.1. The first-order valence-electron chi connectivity index (χ1n) is 7.20. The van der Waals surface area contributed by atoms with Crippen LogP contribution < -0.4 is 14.8 Å². The summed E-state index contributed by atoms with van der Waals surface area (Å²) in [4.78, 5) is 12.2. The second-order valence-corrected chi connectivity index (χ2v) is 4.96. The molecule has 5 heteroatoms. The molecule has 0 aromatic heterocycles. The molecule has 0 saturated heterocycles. The van der Waals surface area contributed by atoms with Crippen molar-refractivity contribution >= 4 is 11.6 Å². The van der Waals surface area contributed by atoms with Gasteiger partial charge in [0.2, 0.25) is 0 Å². The highest BCUT2D eigenvalue weighted by Gasteiger charge is 2.15. The average Bonchev–Trinajstić information content (AvgIpc) is 2.57. The van der Waals surface area contributed by atoms with E-state index in [0.29, 0.717) is 23.6 Å². The summed E-state index contributed by atoms with van der Waals surface area (Å²) in [6.45, 7) is 1.68. The lowest BCUT2D eigenvalue weighted by Crippen LogP contribution is -2.30. The minimum atomic E-state index is -0.652. The van der Waals surface area contributed by atoms with Gasteiger partial charge in [0.15, 0.2) is 6.10 Å². The van der Waals surface area contributed by atoms with Crippen LogP contribution >= 0.6 is 0 Å². The lowest BCUT2D eigenvalue weighted by Gasteiger charge is -2.15. The van der Waals surface area contributed by atoms with E-state index < -0.39 is 6.10 Å². The number of rotatable bonds is 6. The van der Waals surface area contributed by atoms with Crippen LogP contribution in [0.2, 0.25) is 0 Å². The van der Waals surface area contributed by atoms with Crippen molar-refractivity contribution in [2.45, 2.75) is 19.4 Å². The number of hydrogen-bond donors (Lipinski definition) is 1. The van der Waals surface area contributed by atoms with Gasteiger partial charge in [-0.3, -0.25) is 4.79 Å². The second-order valence-electron chi connectivity index (χ2n) is 4.96. The van der Waals surface area contributed by atoms with Gasteiger partial charge < -0.3 is 14.8 Å². The van der Waals surface area contributed by atoms with E-state index in [1.807, 2.05) is 12.1 Å². The Bertz CT molecular complexity index is 705. The summed E-state index contributed by atoms with van der Waals surface area (Å²) in [6.07, 6.45) is -0.301. The summed E-state index contributed by atoms with van der Waals surface area (Å²) in [6, 6.07) is 16.3. The van der Waals surface area contributed by atoms with Crippen molar-refractivity contribution < 1.29 is 14.3 Å². The molecule has 0 bridgehead atoms. The monoisotopic (exact) mass is 310 g/mol. The number of amides is 1. The van der Waals surface area contributed by atoms with Crippen LogP contribution in [0.5, 0.6) is 11.5 Å². The van der Waals surface area contributed by atoms with Gasteiger partial charge in [-0.05, 0) is 36.8 Å². The first-order chi connectivity index (χ1) is 11.1. The summed E-state index contributed by atoms with van der Waals surface area (Å²) in [5.41, 5.74) is 1.57. The molecule has 1 atom stereocenters. The molecule has 0 aliphatic rings. The number of carbonyl (C=O) groups excluding carboxylic acids is 1. The number of methoxy groups -OCH3 is 1. The van der Waals surface area contributed by atoms with Crippen LogP contribution in [0.1, 0.15) is 12.5 Å². The summed E-state index contributed by atoms with van der Waals surface area (Å²) < 4.78 is 10.7. The summed E-state index contributed by atoms with van der Waals surface area (Å²) >= 11 is 0. The zero-order valence-electron chi connectivity index (χ0n) is 13.1. The van der Waals surface area contributed by atoms with Crippen molar-refractivity contribution in [1.82, 2.24) is 0 Å². The van der Waals surface area contributed by atoms with Gasteiger partial charge in [0.1, 0.15) is 11.5 Å². The molecule has 0 fully saturated rings. The Hall–Kier alpha value is -3.00. The molecule has 0 saturated carbocycles. The summed E-state index contributed by atoms with van der Waals surface area (Å²) in [7, 11) is 1.57. The fraction of sp³-hybridized carbons (Fsp3) is 0.222. The van der Waals surface area contributed by atoms with E-state index in [1.54, 1.807) is 50.4 Å². The van der Waals surface area contributed by atoms with Crippen LogP contribution in [-0.2, 0) is 11.2 Å². The highest BCUT2D eigenvalue weighted by Crippen LogP contribution is 2.20. The van der Waals surface area contributed by atoms with Crippen LogP contribution in [0.25, 0.3) is 0 Å². The molecule has 1 N–H and O–H groups in total. The number of benzene rings is 2. The fourth-order valence-electron chi connectivity index (χ4n) is 1.97. The Morgan fingerprint density at radius 1 is 1.22 bits per heavy atom. The predicted octanol–water partition coefficient (Wildman–Crippen LogP) is 3.17. The van der Waals surface area contributed by atoms with Gasteiger partial charge in [0, 0.05) is 11.8 Å². The van der Waals surface area contributed by atoms with Crippen LogP contribution in [0.15, 0.2) is 48.5 Å².